The van der Waals surface area contributed by atoms with Gasteiger partial charge < -0.3 is 15.2 Å². The van der Waals surface area contributed by atoms with Crippen LogP contribution in [-0.4, -0.2) is 35.5 Å². The summed E-state index contributed by atoms with van der Waals surface area (Å²) in [6, 6.07) is 6.87. The minimum atomic E-state index is -5.41. The number of halogens is 3. The molecule has 2 N–H and O–H groups in total. The van der Waals surface area contributed by atoms with E-state index in [1.807, 2.05) is 0 Å². The monoisotopic (exact) mass is 291 g/mol. The van der Waals surface area contributed by atoms with Crippen LogP contribution in [0.1, 0.15) is 17.3 Å². The molecule has 0 radical (unpaired) electrons. The van der Waals surface area contributed by atoms with Crippen LogP contribution >= 0.6 is 0 Å². The van der Waals surface area contributed by atoms with Gasteiger partial charge in [-0.2, -0.15) is 13.2 Å². The summed E-state index contributed by atoms with van der Waals surface area (Å²) < 4.78 is 42.5. The Morgan fingerprint density at radius 2 is 1.80 bits per heavy atom. The second-order valence-electron chi connectivity index (χ2n) is 3.75. The van der Waals surface area contributed by atoms with Crippen LogP contribution in [-0.2, 0) is 9.53 Å². The molecule has 0 heterocycles. The molecule has 8 heteroatoms. The molecule has 20 heavy (non-hydrogen) atoms. The zero-order chi connectivity index (χ0) is 15.4. The smallest absolute Gasteiger partial charge is 0.448 e. The second-order valence-corrected chi connectivity index (χ2v) is 3.75. The summed E-state index contributed by atoms with van der Waals surface area (Å²) in [5.41, 5.74) is -4.23. The van der Waals surface area contributed by atoms with Crippen molar-refractivity contribution in [3.8, 4) is 0 Å². The van der Waals surface area contributed by atoms with E-state index in [2.05, 4.69) is 4.74 Å². The molecule has 1 aromatic carbocycles. The quantitative estimate of drug-likeness (QED) is 0.646. The molecule has 0 aliphatic heterocycles. The maximum absolute atomic E-state index is 12.8. The predicted molar refractivity (Wildman–Crippen MR) is 61.5 cm³/mol. The molecule has 0 aliphatic carbocycles. The van der Waals surface area contributed by atoms with Crippen molar-refractivity contribution in [2.45, 2.75) is 18.8 Å². The number of rotatable bonds is 4. The van der Waals surface area contributed by atoms with Crippen molar-refractivity contribution in [2.24, 2.45) is 0 Å². The van der Waals surface area contributed by atoms with Crippen molar-refractivity contribution < 1.29 is 32.6 Å². The van der Waals surface area contributed by atoms with Crippen molar-refractivity contribution in [1.82, 2.24) is 5.32 Å². The van der Waals surface area contributed by atoms with E-state index in [1.165, 1.54) is 36.5 Å². The first-order valence-electron chi connectivity index (χ1n) is 5.56. The summed E-state index contributed by atoms with van der Waals surface area (Å²) in [5, 5.41) is 10.7. The highest BCUT2D eigenvalue weighted by Gasteiger charge is 2.62. The number of carbonyl (C=O) groups excluding carboxylic acids is 2. The van der Waals surface area contributed by atoms with Gasteiger partial charge in [0.25, 0.3) is 5.91 Å². The number of hydrogen-bond acceptors (Lipinski definition) is 4. The second kappa shape index (κ2) is 5.91. The number of ether oxygens (including phenoxy) is 1. The van der Waals surface area contributed by atoms with Gasteiger partial charge in [0.2, 0.25) is 0 Å². The summed E-state index contributed by atoms with van der Waals surface area (Å²) in [6.07, 6.45) is -5.41. The van der Waals surface area contributed by atoms with E-state index < -0.39 is 23.8 Å². The van der Waals surface area contributed by atoms with Crippen LogP contribution in [0.2, 0.25) is 0 Å². The first-order valence-corrected chi connectivity index (χ1v) is 5.56. The fourth-order valence-electron chi connectivity index (χ4n) is 1.30. The van der Waals surface area contributed by atoms with Gasteiger partial charge in [-0.15, -0.1) is 0 Å². The topological polar surface area (TPSA) is 75.6 Å². The van der Waals surface area contributed by atoms with E-state index >= 15 is 0 Å². The third kappa shape index (κ3) is 3.27. The molecule has 0 aliphatic rings. The Morgan fingerprint density at radius 3 is 2.25 bits per heavy atom. The minimum Gasteiger partial charge on any atom is -0.462 e. The number of hydrogen-bond donors (Lipinski definition) is 2. The molecular formula is C12H12F3NO4. The van der Waals surface area contributed by atoms with Crippen LogP contribution in [0.4, 0.5) is 13.2 Å². The Kier molecular flexibility index (Phi) is 4.72. The number of carbonyl (C=O) groups is 2. The average Bonchev–Trinajstić information content (AvgIpc) is 2.38. The fourth-order valence-corrected chi connectivity index (χ4v) is 1.30. The van der Waals surface area contributed by atoms with E-state index in [1.54, 1.807) is 6.07 Å². The maximum atomic E-state index is 12.8. The molecule has 0 bridgehead atoms. The van der Waals surface area contributed by atoms with Crippen molar-refractivity contribution in [2.75, 3.05) is 6.61 Å². The Morgan fingerprint density at radius 1 is 1.25 bits per heavy atom. The van der Waals surface area contributed by atoms with E-state index in [9.17, 15) is 27.9 Å². The summed E-state index contributed by atoms with van der Waals surface area (Å²) in [4.78, 5) is 22.9. The highest BCUT2D eigenvalue weighted by molar-refractivity contribution is 5.97. The van der Waals surface area contributed by atoms with E-state index in [0.29, 0.717) is 0 Å². The zero-order valence-electron chi connectivity index (χ0n) is 10.4. The molecule has 110 valence electrons. The molecule has 1 amide bonds. The summed E-state index contributed by atoms with van der Waals surface area (Å²) in [7, 11) is 0. The Bertz CT molecular complexity index is 489. The van der Waals surface area contributed by atoms with Gasteiger partial charge in [0.05, 0.1) is 6.61 Å². The van der Waals surface area contributed by atoms with Crippen LogP contribution in [0.3, 0.4) is 0 Å². The molecule has 0 spiro atoms. The van der Waals surface area contributed by atoms with Gasteiger partial charge in [-0.3, -0.25) is 4.79 Å². The van der Waals surface area contributed by atoms with Crippen molar-refractivity contribution in [1.29, 1.82) is 0 Å². The SMILES string of the molecule is CCOC(=O)[C@](O)(NC(=O)c1ccccc1)C(F)(F)F. The standard InChI is InChI=1S/C12H12F3NO4/c1-2-20-10(18)11(19,12(13,14)15)16-9(17)8-6-4-3-5-7-8/h3-7,19H,2H2,1H3,(H,16,17)/t11-/m1/s1. The van der Waals surface area contributed by atoms with Gasteiger partial charge in [-0.05, 0) is 19.1 Å². The summed E-state index contributed by atoms with van der Waals surface area (Å²) in [6.45, 7) is 0.895. The summed E-state index contributed by atoms with van der Waals surface area (Å²) >= 11 is 0. The van der Waals surface area contributed by atoms with Gasteiger partial charge in [0, 0.05) is 5.56 Å². The van der Waals surface area contributed by atoms with Crippen LogP contribution in [0.5, 0.6) is 0 Å². The van der Waals surface area contributed by atoms with E-state index in [4.69, 9.17) is 0 Å². The lowest BCUT2D eigenvalue weighted by molar-refractivity contribution is -0.269. The van der Waals surface area contributed by atoms with E-state index in [0.717, 1.165) is 0 Å². The molecular weight excluding hydrogens is 279 g/mol. The van der Waals surface area contributed by atoms with Crippen LogP contribution in [0, 0.1) is 0 Å². The van der Waals surface area contributed by atoms with Crippen molar-refractivity contribution in [3.05, 3.63) is 35.9 Å². The third-order valence-corrected chi connectivity index (χ3v) is 2.31. The molecule has 1 aromatic rings. The predicted octanol–water partition coefficient (Wildman–Crippen LogP) is 1.23. The maximum Gasteiger partial charge on any atom is 0.448 e. The zero-order valence-corrected chi connectivity index (χ0v) is 10.4. The van der Waals surface area contributed by atoms with E-state index in [-0.39, 0.29) is 12.2 Å². The van der Waals surface area contributed by atoms with Crippen LogP contribution in [0.15, 0.2) is 30.3 Å². The van der Waals surface area contributed by atoms with Crippen molar-refractivity contribution in [3.63, 3.8) is 0 Å². The summed E-state index contributed by atoms with van der Waals surface area (Å²) in [5.74, 6) is -3.24. The molecule has 0 saturated carbocycles. The largest absolute Gasteiger partial charge is 0.462 e. The van der Waals surface area contributed by atoms with Crippen molar-refractivity contribution >= 4 is 11.9 Å². The molecule has 1 atom stereocenters. The Labute approximate surface area is 112 Å². The first-order chi connectivity index (χ1) is 9.22. The molecule has 5 nitrogen and oxygen atoms in total. The molecule has 1 rings (SSSR count). The Balaban J connectivity index is 3.03. The lowest BCUT2D eigenvalue weighted by Gasteiger charge is -2.28. The van der Waals surface area contributed by atoms with Gasteiger partial charge in [0.15, 0.2) is 0 Å². The molecule has 0 unspecified atom stereocenters. The van der Waals surface area contributed by atoms with Gasteiger partial charge >= 0.3 is 17.9 Å². The third-order valence-electron chi connectivity index (χ3n) is 2.31. The highest BCUT2D eigenvalue weighted by atomic mass is 19.4. The fraction of sp³-hybridized carbons (Fsp3) is 0.333. The molecule has 0 fully saturated rings. The molecule has 0 saturated heterocycles. The number of aliphatic hydroxyl groups is 1. The number of amides is 1. The molecule has 0 aromatic heterocycles. The van der Waals surface area contributed by atoms with Gasteiger partial charge in [-0.25, -0.2) is 4.79 Å². The van der Waals surface area contributed by atoms with Gasteiger partial charge in [0.1, 0.15) is 0 Å². The lowest BCUT2D eigenvalue weighted by atomic mass is 10.1. The minimum absolute atomic E-state index is 0.139. The van der Waals surface area contributed by atoms with Crippen LogP contribution in [0.25, 0.3) is 0 Å². The Hall–Kier alpha value is -2.09. The number of esters is 1. The van der Waals surface area contributed by atoms with Gasteiger partial charge in [-0.1, -0.05) is 18.2 Å². The number of nitrogens with one attached hydrogen (secondary N) is 1. The highest BCUT2D eigenvalue weighted by Crippen LogP contribution is 2.29. The average molecular weight is 291 g/mol. The first kappa shape index (κ1) is 16.0. The van der Waals surface area contributed by atoms with Crippen LogP contribution < -0.4 is 5.32 Å². The number of alkyl halides is 3. The normalized spacial score (nSPS) is 14.2. The number of benzene rings is 1. The lowest BCUT2D eigenvalue weighted by Crippen LogP contribution is -2.64.